The fourth-order valence-electron chi connectivity index (χ4n) is 8.10. The molecule has 3 aliphatic heterocycles. The van der Waals surface area contributed by atoms with Crippen LogP contribution in [0.1, 0.15) is 62.4 Å². The summed E-state index contributed by atoms with van der Waals surface area (Å²) in [7, 11) is 0. The quantitative estimate of drug-likeness (QED) is 0.112. The Kier molecular flexibility index (Phi) is 12.4. The summed E-state index contributed by atoms with van der Waals surface area (Å²) < 4.78 is 75.4. The number of hydrazine groups is 1. The smallest absolute Gasteiger partial charge is 0.320 e. The van der Waals surface area contributed by atoms with Gasteiger partial charge >= 0.3 is 5.97 Å². The van der Waals surface area contributed by atoms with E-state index in [9.17, 15) is 22.7 Å². The Bertz CT molecular complexity index is 2100. The van der Waals surface area contributed by atoms with Crippen molar-refractivity contribution >= 4 is 45.4 Å². The fourth-order valence-corrected chi connectivity index (χ4v) is 8.74. The van der Waals surface area contributed by atoms with E-state index in [2.05, 4.69) is 36.8 Å². The topological polar surface area (TPSA) is 128 Å². The number of anilines is 2. The third kappa shape index (κ3) is 9.52. The first-order valence-electron chi connectivity index (χ1n) is 19.5. The van der Waals surface area contributed by atoms with E-state index < -0.39 is 51.7 Å². The van der Waals surface area contributed by atoms with Crippen LogP contribution in [0.2, 0.25) is 0 Å². The van der Waals surface area contributed by atoms with E-state index in [4.69, 9.17) is 4.74 Å². The number of halogens is 3. The van der Waals surface area contributed by atoms with Crippen LogP contribution in [0.3, 0.4) is 0 Å². The van der Waals surface area contributed by atoms with Crippen molar-refractivity contribution in [1.29, 1.82) is 0 Å². The van der Waals surface area contributed by atoms with Crippen molar-refractivity contribution in [1.82, 2.24) is 24.8 Å². The molecule has 306 valence electrons. The van der Waals surface area contributed by atoms with Crippen molar-refractivity contribution in [3.63, 3.8) is 0 Å². The molecule has 0 amide bonds. The van der Waals surface area contributed by atoms with Crippen LogP contribution in [0.15, 0.2) is 54.9 Å². The highest BCUT2D eigenvalue weighted by atomic mass is 32.2. The summed E-state index contributed by atoms with van der Waals surface area (Å²) in [6.07, 6.45) is 4.92. The van der Waals surface area contributed by atoms with Gasteiger partial charge in [-0.1, -0.05) is 12.1 Å². The minimum Gasteiger partial charge on any atom is -0.754 e. The van der Waals surface area contributed by atoms with Gasteiger partial charge in [0, 0.05) is 80.4 Å². The lowest BCUT2D eigenvalue weighted by Crippen LogP contribution is -2.43. The number of hydrogen-bond donors (Lipinski definition) is 1. The molecule has 3 saturated heterocycles. The third-order valence-electron chi connectivity index (χ3n) is 10.9. The molecule has 7 rings (SSSR count). The van der Waals surface area contributed by atoms with E-state index in [0.29, 0.717) is 33.5 Å². The Morgan fingerprint density at radius 1 is 0.965 bits per heavy atom. The van der Waals surface area contributed by atoms with Crippen LogP contribution < -0.4 is 9.31 Å². The molecule has 1 N–H and O–H groups in total. The maximum absolute atomic E-state index is 16.0. The summed E-state index contributed by atoms with van der Waals surface area (Å²) in [4.78, 5) is 40.6. The predicted molar refractivity (Wildman–Crippen MR) is 212 cm³/mol. The minimum atomic E-state index is -3.06. The van der Waals surface area contributed by atoms with E-state index in [1.54, 1.807) is 12.3 Å². The van der Waals surface area contributed by atoms with Gasteiger partial charge in [0.1, 0.15) is 28.9 Å². The van der Waals surface area contributed by atoms with Crippen LogP contribution in [-0.4, -0.2) is 123 Å². The van der Waals surface area contributed by atoms with E-state index in [1.807, 2.05) is 32.9 Å². The van der Waals surface area contributed by atoms with Crippen LogP contribution in [-0.2, 0) is 20.8 Å². The Balaban J connectivity index is 0.983. The number of rotatable bonds is 11. The number of ether oxygens (including phenoxy) is 1. The Morgan fingerprint density at radius 2 is 1.68 bits per heavy atom. The van der Waals surface area contributed by atoms with E-state index >= 15 is 8.78 Å². The largest absolute Gasteiger partial charge is 0.754 e. The lowest BCUT2D eigenvalue weighted by atomic mass is 9.95. The van der Waals surface area contributed by atoms with Gasteiger partial charge in [0.25, 0.3) is 0 Å². The van der Waals surface area contributed by atoms with Crippen molar-refractivity contribution in [2.24, 2.45) is 5.92 Å². The number of carbonyl (C=O) groups excluding carboxylic acids is 2. The monoisotopic (exact) mass is 808 g/mol. The second-order valence-corrected chi connectivity index (χ2v) is 17.0. The maximum Gasteiger partial charge on any atom is 0.320 e. The van der Waals surface area contributed by atoms with Gasteiger partial charge in [0.2, 0.25) is 5.78 Å². The number of ketones is 1. The molecule has 0 spiro atoms. The van der Waals surface area contributed by atoms with E-state index in [-0.39, 0.29) is 31.0 Å². The molecule has 2 atom stereocenters. The number of esters is 1. The highest BCUT2D eigenvalue weighted by Gasteiger charge is 2.33. The summed E-state index contributed by atoms with van der Waals surface area (Å²) >= 11 is -3.06. The molecule has 2 aromatic carbocycles. The molecule has 3 fully saturated rings. The zero-order valence-electron chi connectivity index (χ0n) is 32.5. The van der Waals surface area contributed by atoms with Gasteiger partial charge < -0.3 is 24.1 Å². The number of aromatic amines is 1. The van der Waals surface area contributed by atoms with E-state index in [1.165, 1.54) is 6.20 Å². The summed E-state index contributed by atoms with van der Waals surface area (Å²) in [5, 5.41) is 1.45. The van der Waals surface area contributed by atoms with Crippen molar-refractivity contribution < 1.29 is 36.3 Å². The normalized spacial score (nSPS) is 19.8. The van der Waals surface area contributed by atoms with Crippen molar-refractivity contribution in [2.75, 3.05) is 74.8 Å². The van der Waals surface area contributed by atoms with Gasteiger partial charge in [0.05, 0.1) is 29.9 Å². The summed E-state index contributed by atoms with van der Waals surface area (Å²) in [5.74, 6) is -3.09. The molecule has 0 saturated carbocycles. The second kappa shape index (κ2) is 17.2. The molecule has 5 heterocycles. The molecular formula is C41H49F3N7O5S-. The third-order valence-corrected chi connectivity index (χ3v) is 11.6. The molecule has 2 aromatic heterocycles. The van der Waals surface area contributed by atoms with Crippen LogP contribution in [0.25, 0.3) is 22.2 Å². The zero-order valence-corrected chi connectivity index (χ0v) is 33.3. The number of carbonyl (C=O) groups is 2. The van der Waals surface area contributed by atoms with E-state index in [0.717, 1.165) is 93.5 Å². The number of aromatic nitrogens is 2. The lowest BCUT2D eigenvalue weighted by molar-refractivity contribution is -0.156. The molecule has 0 bridgehead atoms. The van der Waals surface area contributed by atoms with Gasteiger partial charge in [-0.05, 0) is 94.8 Å². The van der Waals surface area contributed by atoms with Gasteiger partial charge in [-0.3, -0.25) is 18.7 Å². The average molecular weight is 809 g/mol. The molecule has 12 nitrogen and oxygen atoms in total. The first-order chi connectivity index (χ1) is 27.2. The van der Waals surface area contributed by atoms with Gasteiger partial charge in [-0.25, -0.2) is 27.6 Å². The number of hydrogen-bond acceptors (Lipinski definition) is 10. The van der Waals surface area contributed by atoms with Crippen molar-refractivity contribution in [3.05, 3.63) is 77.6 Å². The number of benzene rings is 2. The number of alkyl halides is 1. The molecule has 57 heavy (non-hydrogen) atoms. The average Bonchev–Trinajstić information content (AvgIpc) is 3.73. The van der Waals surface area contributed by atoms with Crippen molar-refractivity contribution in [3.8, 4) is 11.1 Å². The fraction of sp³-hybridized carbons (Fsp3) is 0.488. The first-order valence-corrected chi connectivity index (χ1v) is 20.6. The van der Waals surface area contributed by atoms with Gasteiger partial charge in [-0.2, -0.15) is 0 Å². The highest BCUT2D eigenvalue weighted by Crippen LogP contribution is 2.33. The standard InChI is InChI=1S/C41H50F3N7O5S/c1-41(2,3)56-36(52)26-48-15-4-14-47(19-20-48)24-27-11-16-49(17-12-27)31-7-5-28(6-8-31)29-21-32-33(23-46-40(32)45-22-29)39(53)37-34(43)9-10-35(38(37)44)51(57(54)55)50-18-13-30(42)25-50/h5-10,21-23,27,30H,4,11-20,24-26H2,1-3H3,(H,45,46)(H,54,55)/p-1/t30-/m1/s1. The van der Waals surface area contributed by atoms with Crippen LogP contribution in [0, 0.1) is 17.6 Å². The highest BCUT2D eigenvalue weighted by molar-refractivity contribution is 7.80. The Labute approximate surface area is 333 Å². The minimum absolute atomic E-state index is 0.00546. The lowest BCUT2D eigenvalue weighted by Gasteiger charge is -2.36. The number of pyridine rings is 1. The molecule has 16 heteroatoms. The zero-order chi connectivity index (χ0) is 40.4. The van der Waals surface area contributed by atoms with Gasteiger partial charge in [0.15, 0.2) is 5.82 Å². The Hall–Kier alpha value is -4.35. The number of nitrogens with zero attached hydrogens (tertiary/aromatic N) is 6. The maximum atomic E-state index is 16.0. The number of fused-ring (bicyclic) bond motifs is 1. The molecular weight excluding hydrogens is 760 g/mol. The number of piperidine rings is 1. The van der Waals surface area contributed by atoms with Crippen LogP contribution in [0.4, 0.5) is 24.5 Å². The number of H-pyrrole nitrogens is 1. The molecule has 0 radical (unpaired) electrons. The SMILES string of the molecule is CC(C)(C)OC(=O)CN1CCCN(CC2CCN(c3ccc(-c4cnc5[nH]cc(C(=O)c6c(F)ccc(N(N7CC[C@@H](F)C7)S(=O)[O-])c6F)c5c4)cc3)CC2)CC1. The summed E-state index contributed by atoms with van der Waals surface area (Å²) in [6.45, 7) is 12.4. The second-order valence-electron chi connectivity index (χ2n) is 16.2. The molecule has 3 aliphatic rings. The summed E-state index contributed by atoms with van der Waals surface area (Å²) in [5.41, 5.74) is 0.963. The number of nitrogens with one attached hydrogen (secondary N) is 1. The molecule has 0 aliphatic carbocycles. The van der Waals surface area contributed by atoms with Crippen LogP contribution >= 0.6 is 0 Å². The van der Waals surface area contributed by atoms with Gasteiger partial charge in [-0.15, -0.1) is 0 Å². The molecule has 1 unspecified atom stereocenters. The first kappa shape index (κ1) is 40.8. The van der Waals surface area contributed by atoms with Crippen LogP contribution in [0.5, 0.6) is 0 Å². The predicted octanol–water partition coefficient (Wildman–Crippen LogP) is 5.86. The molecule has 4 aromatic rings. The van der Waals surface area contributed by atoms with Crippen molar-refractivity contribution in [2.45, 2.75) is 58.2 Å². The summed E-state index contributed by atoms with van der Waals surface area (Å²) in [6, 6.07) is 11.6. The Morgan fingerprint density at radius 3 is 2.37 bits per heavy atom.